The van der Waals surface area contributed by atoms with Crippen molar-refractivity contribution < 1.29 is 14.6 Å². The molecule has 0 spiro atoms. The van der Waals surface area contributed by atoms with Crippen LogP contribution in [0.1, 0.15) is 19.3 Å². The first-order valence-corrected chi connectivity index (χ1v) is 4.48. The molecule has 1 rings (SSSR count). The van der Waals surface area contributed by atoms with Gasteiger partial charge in [-0.15, -0.1) is 11.6 Å². The van der Waals surface area contributed by atoms with Gasteiger partial charge >= 0.3 is 5.97 Å². The largest absolute Gasteiger partial charge is 0.469 e. The molecule has 3 nitrogen and oxygen atoms in total. The summed E-state index contributed by atoms with van der Waals surface area (Å²) in [5.74, 6) is -0.339. The van der Waals surface area contributed by atoms with Gasteiger partial charge < -0.3 is 9.84 Å². The Labute approximate surface area is 76.7 Å². The van der Waals surface area contributed by atoms with Gasteiger partial charge in [0.05, 0.1) is 24.5 Å². The smallest absolute Gasteiger partial charge is 0.308 e. The first-order chi connectivity index (χ1) is 5.65. The first kappa shape index (κ1) is 9.81. The van der Waals surface area contributed by atoms with E-state index in [0.29, 0.717) is 19.3 Å². The van der Waals surface area contributed by atoms with Crippen LogP contribution < -0.4 is 0 Å². The maximum atomic E-state index is 11.1. The molecule has 4 heteroatoms. The lowest BCUT2D eigenvalue weighted by atomic mass is 9.87. The number of carbonyl (C=O) groups excluding carboxylic acids is 1. The number of ether oxygens (including phenoxy) is 1. The van der Waals surface area contributed by atoms with Gasteiger partial charge in [0.25, 0.3) is 0 Å². The van der Waals surface area contributed by atoms with Crippen LogP contribution >= 0.6 is 11.6 Å². The first-order valence-electron chi connectivity index (χ1n) is 4.05. The summed E-state index contributed by atoms with van der Waals surface area (Å²) in [7, 11) is 1.37. The fourth-order valence-electron chi connectivity index (χ4n) is 1.48. The normalized spacial score (nSPS) is 36.1. The molecule has 0 aromatic carbocycles. The van der Waals surface area contributed by atoms with Crippen LogP contribution in [-0.4, -0.2) is 29.7 Å². The lowest BCUT2D eigenvalue weighted by molar-refractivity contribution is -0.147. The van der Waals surface area contributed by atoms with Gasteiger partial charge in [-0.05, 0) is 19.3 Å². The van der Waals surface area contributed by atoms with Crippen LogP contribution in [0.2, 0.25) is 0 Å². The van der Waals surface area contributed by atoms with Gasteiger partial charge in [-0.1, -0.05) is 0 Å². The highest BCUT2D eigenvalue weighted by Crippen LogP contribution is 2.28. The van der Waals surface area contributed by atoms with Crippen LogP contribution in [0.5, 0.6) is 0 Å². The van der Waals surface area contributed by atoms with E-state index in [1.165, 1.54) is 7.11 Å². The van der Waals surface area contributed by atoms with E-state index in [2.05, 4.69) is 4.74 Å². The summed E-state index contributed by atoms with van der Waals surface area (Å²) in [4.78, 5) is 11.1. The SMILES string of the molecule is COC(=O)[C@H]1CC[C@H](O)[C@@H](Cl)C1. The standard InChI is InChI=1S/C8H13ClO3/c1-12-8(11)5-2-3-7(10)6(9)4-5/h5-7,10H,2-4H2,1H3/t5-,6-,7-/m0/s1. The summed E-state index contributed by atoms with van der Waals surface area (Å²) in [6.07, 6.45) is 1.33. The van der Waals surface area contributed by atoms with Crippen LogP contribution in [0, 0.1) is 5.92 Å². The molecule has 0 amide bonds. The highest BCUT2D eigenvalue weighted by atomic mass is 35.5. The van der Waals surface area contributed by atoms with Crippen LogP contribution in [0.15, 0.2) is 0 Å². The number of esters is 1. The van der Waals surface area contributed by atoms with Crippen molar-refractivity contribution in [3.8, 4) is 0 Å². The average molecular weight is 193 g/mol. The molecule has 0 heterocycles. The van der Waals surface area contributed by atoms with Crippen LogP contribution in [0.25, 0.3) is 0 Å². The zero-order valence-corrected chi connectivity index (χ0v) is 7.75. The minimum Gasteiger partial charge on any atom is -0.469 e. The Morgan fingerprint density at radius 1 is 1.58 bits per heavy atom. The van der Waals surface area contributed by atoms with Crippen molar-refractivity contribution >= 4 is 17.6 Å². The van der Waals surface area contributed by atoms with Gasteiger partial charge in [0, 0.05) is 0 Å². The fourth-order valence-corrected chi connectivity index (χ4v) is 1.82. The third kappa shape index (κ3) is 2.11. The summed E-state index contributed by atoms with van der Waals surface area (Å²) in [6.45, 7) is 0. The number of carbonyl (C=O) groups is 1. The molecule has 0 unspecified atom stereocenters. The van der Waals surface area contributed by atoms with Crippen LogP contribution in [0.4, 0.5) is 0 Å². The van der Waals surface area contributed by atoms with Gasteiger partial charge in [-0.2, -0.15) is 0 Å². The predicted molar refractivity (Wildman–Crippen MR) is 45.0 cm³/mol. The van der Waals surface area contributed by atoms with Gasteiger partial charge in [0.2, 0.25) is 0 Å². The van der Waals surface area contributed by atoms with Crippen molar-refractivity contribution in [2.75, 3.05) is 7.11 Å². The van der Waals surface area contributed by atoms with E-state index in [9.17, 15) is 9.90 Å². The summed E-state index contributed by atoms with van der Waals surface area (Å²) in [6, 6.07) is 0. The van der Waals surface area contributed by atoms with E-state index in [1.54, 1.807) is 0 Å². The Hall–Kier alpha value is -0.280. The maximum absolute atomic E-state index is 11.1. The van der Waals surface area contributed by atoms with E-state index in [0.717, 1.165) is 0 Å². The predicted octanol–water partition coefficient (Wildman–Crippen LogP) is 0.928. The van der Waals surface area contributed by atoms with E-state index in [4.69, 9.17) is 11.6 Å². The molecule has 0 aromatic rings. The number of hydrogen-bond acceptors (Lipinski definition) is 3. The van der Waals surface area contributed by atoms with Crippen molar-refractivity contribution in [2.24, 2.45) is 5.92 Å². The van der Waals surface area contributed by atoms with Crippen LogP contribution in [-0.2, 0) is 9.53 Å². The second-order valence-corrected chi connectivity index (χ2v) is 3.68. The molecule has 12 heavy (non-hydrogen) atoms. The minimum absolute atomic E-state index is 0.124. The van der Waals surface area contributed by atoms with Crippen molar-refractivity contribution in [3.05, 3.63) is 0 Å². The molecule has 1 saturated carbocycles. The van der Waals surface area contributed by atoms with E-state index < -0.39 is 6.10 Å². The number of aliphatic hydroxyl groups is 1. The fraction of sp³-hybridized carbons (Fsp3) is 0.875. The Morgan fingerprint density at radius 3 is 2.75 bits per heavy atom. The van der Waals surface area contributed by atoms with E-state index in [1.807, 2.05) is 0 Å². The van der Waals surface area contributed by atoms with Crippen molar-refractivity contribution in [1.29, 1.82) is 0 Å². The molecule has 1 N–H and O–H groups in total. The Bertz CT molecular complexity index is 172. The Balaban J connectivity index is 2.45. The van der Waals surface area contributed by atoms with Gasteiger partial charge in [-0.25, -0.2) is 0 Å². The highest BCUT2D eigenvalue weighted by Gasteiger charge is 2.32. The number of halogens is 1. The number of aliphatic hydroxyl groups excluding tert-OH is 1. The molecular weight excluding hydrogens is 180 g/mol. The maximum Gasteiger partial charge on any atom is 0.308 e. The van der Waals surface area contributed by atoms with Crippen molar-refractivity contribution in [2.45, 2.75) is 30.7 Å². The molecule has 0 aliphatic heterocycles. The second kappa shape index (κ2) is 4.10. The lowest BCUT2D eigenvalue weighted by Gasteiger charge is -2.27. The molecule has 1 aliphatic carbocycles. The molecule has 0 bridgehead atoms. The van der Waals surface area contributed by atoms with Crippen molar-refractivity contribution in [1.82, 2.24) is 0 Å². The molecule has 70 valence electrons. The summed E-state index contributed by atoms with van der Waals surface area (Å²) < 4.78 is 4.59. The zero-order chi connectivity index (χ0) is 9.14. The molecule has 0 radical (unpaired) electrons. The second-order valence-electron chi connectivity index (χ2n) is 3.12. The summed E-state index contributed by atoms with van der Waals surface area (Å²) >= 11 is 5.81. The third-order valence-electron chi connectivity index (χ3n) is 2.27. The molecule has 1 aliphatic rings. The van der Waals surface area contributed by atoms with Crippen molar-refractivity contribution in [3.63, 3.8) is 0 Å². The van der Waals surface area contributed by atoms with E-state index in [-0.39, 0.29) is 17.3 Å². The topological polar surface area (TPSA) is 46.5 Å². The van der Waals surface area contributed by atoms with Gasteiger partial charge in [0.15, 0.2) is 0 Å². The molecule has 1 fully saturated rings. The monoisotopic (exact) mass is 192 g/mol. The Kier molecular flexibility index (Phi) is 3.35. The molecule has 0 aromatic heterocycles. The van der Waals surface area contributed by atoms with Gasteiger partial charge in [0.1, 0.15) is 0 Å². The third-order valence-corrected chi connectivity index (χ3v) is 2.74. The average Bonchev–Trinajstić information content (AvgIpc) is 2.08. The highest BCUT2D eigenvalue weighted by molar-refractivity contribution is 6.21. The number of alkyl halides is 1. The number of rotatable bonds is 1. The number of methoxy groups -OCH3 is 1. The molecule has 3 atom stereocenters. The Morgan fingerprint density at radius 2 is 2.25 bits per heavy atom. The van der Waals surface area contributed by atoms with Gasteiger partial charge in [-0.3, -0.25) is 4.79 Å². The summed E-state index contributed by atoms with van der Waals surface area (Å²) in [5, 5.41) is 8.96. The zero-order valence-electron chi connectivity index (χ0n) is 7.00. The van der Waals surface area contributed by atoms with Crippen LogP contribution in [0.3, 0.4) is 0 Å². The lowest BCUT2D eigenvalue weighted by Crippen LogP contribution is -2.33. The molecular formula is C8H13ClO3. The quantitative estimate of drug-likeness (QED) is 0.497. The number of hydrogen-bond donors (Lipinski definition) is 1. The van der Waals surface area contributed by atoms with E-state index >= 15 is 0 Å². The minimum atomic E-state index is -0.465. The molecule has 0 saturated heterocycles. The summed E-state index contributed by atoms with van der Waals surface area (Å²) in [5.41, 5.74) is 0.